The maximum absolute atomic E-state index is 12.8. The van der Waals surface area contributed by atoms with E-state index in [0.717, 1.165) is 116 Å². The van der Waals surface area contributed by atoms with Crippen LogP contribution >= 0.6 is 0 Å². The molecule has 0 heterocycles. The number of unbranched alkanes of at least 4 members (excludes halogenated alkanes) is 26. The lowest BCUT2D eigenvalue weighted by atomic mass is 10.0. The number of esters is 3. The summed E-state index contributed by atoms with van der Waals surface area (Å²) in [5.74, 6) is -0.936. The van der Waals surface area contributed by atoms with Gasteiger partial charge in [-0.3, -0.25) is 14.4 Å². The van der Waals surface area contributed by atoms with Crippen LogP contribution in [0.5, 0.6) is 0 Å². The van der Waals surface area contributed by atoms with Gasteiger partial charge in [-0.25, -0.2) is 0 Å². The number of rotatable bonds is 51. The molecule has 0 N–H and O–H groups in total. The summed E-state index contributed by atoms with van der Waals surface area (Å²) in [6, 6.07) is 0. The molecule has 68 heavy (non-hydrogen) atoms. The van der Waals surface area contributed by atoms with E-state index in [1.165, 1.54) is 116 Å². The van der Waals surface area contributed by atoms with Gasteiger partial charge < -0.3 is 14.2 Å². The van der Waals surface area contributed by atoms with E-state index < -0.39 is 6.10 Å². The zero-order valence-electron chi connectivity index (χ0n) is 44.6. The van der Waals surface area contributed by atoms with E-state index in [9.17, 15) is 14.4 Å². The van der Waals surface area contributed by atoms with Crippen molar-refractivity contribution in [2.24, 2.45) is 0 Å². The molecule has 0 aromatic carbocycles. The molecule has 0 saturated carbocycles. The highest BCUT2D eigenvalue weighted by molar-refractivity contribution is 5.71. The Morgan fingerprint density at radius 1 is 0.309 bits per heavy atom. The lowest BCUT2D eigenvalue weighted by molar-refractivity contribution is -0.167. The molecule has 0 radical (unpaired) electrons. The van der Waals surface area contributed by atoms with E-state index in [4.69, 9.17) is 14.2 Å². The van der Waals surface area contributed by atoms with Crippen LogP contribution in [0.1, 0.15) is 271 Å². The molecule has 1 atom stereocenters. The second-order valence-corrected chi connectivity index (χ2v) is 18.8. The molecule has 390 valence electrons. The van der Waals surface area contributed by atoms with Crippen molar-refractivity contribution < 1.29 is 28.6 Å². The summed E-state index contributed by atoms with van der Waals surface area (Å²) in [5, 5.41) is 0. The molecule has 0 spiro atoms. The van der Waals surface area contributed by atoms with Crippen LogP contribution in [-0.2, 0) is 28.6 Å². The Kier molecular flexibility index (Phi) is 53.4. The van der Waals surface area contributed by atoms with E-state index >= 15 is 0 Å². The monoisotopic (exact) mass is 947 g/mol. The minimum atomic E-state index is -0.797. The number of ether oxygens (including phenoxy) is 3. The lowest BCUT2D eigenvalue weighted by Gasteiger charge is -2.18. The summed E-state index contributed by atoms with van der Waals surface area (Å²) in [6.45, 7) is 6.44. The van der Waals surface area contributed by atoms with E-state index in [0.29, 0.717) is 19.3 Å². The van der Waals surface area contributed by atoms with Gasteiger partial charge in [-0.15, -0.1) is 0 Å². The highest BCUT2D eigenvalue weighted by atomic mass is 16.6. The van der Waals surface area contributed by atoms with Gasteiger partial charge in [0.15, 0.2) is 6.10 Å². The summed E-state index contributed by atoms with van der Waals surface area (Å²) < 4.78 is 16.8. The fraction of sp³-hybridized carbons (Fsp3) is 0.726. The Hall–Kier alpha value is -3.41. The molecule has 0 bridgehead atoms. The van der Waals surface area contributed by atoms with Crippen molar-refractivity contribution in [2.45, 2.75) is 277 Å². The number of hydrogen-bond donors (Lipinski definition) is 0. The Morgan fingerprint density at radius 2 is 0.588 bits per heavy atom. The van der Waals surface area contributed by atoms with Gasteiger partial charge in [0.2, 0.25) is 0 Å². The molecule has 0 saturated heterocycles. The number of allylic oxidation sites excluding steroid dienone is 14. The molecule has 0 aromatic heterocycles. The molecule has 6 heteroatoms. The molecule has 0 rings (SSSR count). The van der Waals surface area contributed by atoms with Gasteiger partial charge in [0.25, 0.3) is 0 Å². The standard InChI is InChI=1S/C62H106O6/c1-4-7-10-13-16-19-22-25-27-28-29-30-31-32-33-34-35-38-40-43-46-49-52-55-61(64)67-58-59(57-66-60(63)54-51-48-45-42-39-36-24-21-18-15-12-9-6-3)68-62(65)56-53-50-47-44-41-37-26-23-20-17-14-11-8-5-2/h9,12,14,17-18,21-23,25-26,28-29,36,39,59H,4-8,10-11,13,15-16,19-20,24,27,30-35,37-38,40-58H2,1-3H3/b12-9-,17-14-,21-18-,25-22-,26-23-,29-28-,39-36-. The largest absolute Gasteiger partial charge is 0.462 e. The van der Waals surface area contributed by atoms with Crippen molar-refractivity contribution in [3.8, 4) is 0 Å². The Labute approximate surface area is 420 Å². The minimum Gasteiger partial charge on any atom is -0.462 e. The third kappa shape index (κ3) is 53.5. The number of carbonyl (C=O) groups is 3. The average molecular weight is 948 g/mol. The first-order valence-corrected chi connectivity index (χ1v) is 28.6. The molecule has 0 aromatic rings. The highest BCUT2D eigenvalue weighted by Crippen LogP contribution is 2.15. The second-order valence-electron chi connectivity index (χ2n) is 18.8. The van der Waals surface area contributed by atoms with Crippen molar-refractivity contribution in [1.29, 1.82) is 0 Å². The molecular formula is C62H106O6. The summed E-state index contributed by atoms with van der Waals surface area (Å²) >= 11 is 0. The molecule has 1 unspecified atom stereocenters. The molecule has 0 aliphatic heterocycles. The maximum atomic E-state index is 12.8. The fourth-order valence-electron chi connectivity index (χ4n) is 7.80. The summed E-state index contributed by atoms with van der Waals surface area (Å²) in [7, 11) is 0. The smallest absolute Gasteiger partial charge is 0.306 e. The van der Waals surface area contributed by atoms with E-state index in [-0.39, 0.29) is 31.1 Å². The summed E-state index contributed by atoms with van der Waals surface area (Å²) in [6.07, 6.45) is 72.9. The fourth-order valence-corrected chi connectivity index (χ4v) is 7.80. The molecule has 0 amide bonds. The zero-order valence-corrected chi connectivity index (χ0v) is 44.6. The van der Waals surface area contributed by atoms with Gasteiger partial charge in [0.05, 0.1) is 0 Å². The SMILES string of the molecule is CC/C=C\C/C=C\C/C=C\CCCCCC(=O)OCC(COC(=O)CCCCCCCCCCCCC/C=C\C/C=C\CCCCCCC)OC(=O)CCCCCCC/C=C\C/C=C\CCCC. The van der Waals surface area contributed by atoms with Crippen molar-refractivity contribution in [3.05, 3.63) is 85.1 Å². The van der Waals surface area contributed by atoms with E-state index in [1.54, 1.807) is 0 Å². The predicted octanol–water partition coefficient (Wildman–Crippen LogP) is 19.2. The highest BCUT2D eigenvalue weighted by Gasteiger charge is 2.19. The van der Waals surface area contributed by atoms with Crippen LogP contribution < -0.4 is 0 Å². The van der Waals surface area contributed by atoms with Gasteiger partial charge in [-0.1, -0.05) is 228 Å². The molecular weight excluding hydrogens is 841 g/mol. The minimum absolute atomic E-state index is 0.0927. The first-order valence-electron chi connectivity index (χ1n) is 28.6. The van der Waals surface area contributed by atoms with Crippen LogP contribution in [-0.4, -0.2) is 37.2 Å². The normalized spacial score (nSPS) is 12.7. The van der Waals surface area contributed by atoms with Crippen molar-refractivity contribution in [1.82, 2.24) is 0 Å². The molecule has 0 aliphatic carbocycles. The van der Waals surface area contributed by atoms with Gasteiger partial charge in [0, 0.05) is 19.3 Å². The third-order valence-corrected chi connectivity index (χ3v) is 12.1. The van der Waals surface area contributed by atoms with E-state index in [2.05, 4.69) is 106 Å². The van der Waals surface area contributed by atoms with Gasteiger partial charge in [-0.2, -0.15) is 0 Å². The zero-order chi connectivity index (χ0) is 49.3. The number of carbonyl (C=O) groups excluding carboxylic acids is 3. The van der Waals surface area contributed by atoms with E-state index in [1.807, 2.05) is 0 Å². The lowest BCUT2D eigenvalue weighted by Crippen LogP contribution is -2.30. The Morgan fingerprint density at radius 3 is 0.956 bits per heavy atom. The first-order chi connectivity index (χ1) is 33.5. The van der Waals surface area contributed by atoms with Crippen LogP contribution in [0.2, 0.25) is 0 Å². The summed E-state index contributed by atoms with van der Waals surface area (Å²) in [4.78, 5) is 38.1. The number of hydrogen-bond acceptors (Lipinski definition) is 6. The maximum Gasteiger partial charge on any atom is 0.306 e. The predicted molar refractivity (Wildman–Crippen MR) is 293 cm³/mol. The van der Waals surface area contributed by atoms with Crippen molar-refractivity contribution >= 4 is 17.9 Å². The van der Waals surface area contributed by atoms with Crippen molar-refractivity contribution in [3.63, 3.8) is 0 Å². The summed E-state index contributed by atoms with van der Waals surface area (Å²) in [5.41, 5.74) is 0. The van der Waals surface area contributed by atoms with Crippen LogP contribution in [0.25, 0.3) is 0 Å². The molecule has 6 nitrogen and oxygen atoms in total. The Balaban J connectivity index is 4.34. The topological polar surface area (TPSA) is 78.9 Å². The van der Waals surface area contributed by atoms with Crippen LogP contribution in [0.3, 0.4) is 0 Å². The van der Waals surface area contributed by atoms with Crippen LogP contribution in [0, 0.1) is 0 Å². The second kappa shape index (κ2) is 56.2. The quantitative estimate of drug-likeness (QED) is 0.0262. The van der Waals surface area contributed by atoms with Gasteiger partial charge in [-0.05, 0) is 109 Å². The van der Waals surface area contributed by atoms with Crippen LogP contribution in [0.4, 0.5) is 0 Å². The van der Waals surface area contributed by atoms with Gasteiger partial charge in [0.1, 0.15) is 13.2 Å². The average Bonchev–Trinajstić information content (AvgIpc) is 3.34. The van der Waals surface area contributed by atoms with Crippen molar-refractivity contribution in [2.75, 3.05) is 13.2 Å². The van der Waals surface area contributed by atoms with Gasteiger partial charge >= 0.3 is 17.9 Å². The van der Waals surface area contributed by atoms with Crippen LogP contribution in [0.15, 0.2) is 85.1 Å². The Bertz CT molecular complexity index is 1320. The third-order valence-electron chi connectivity index (χ3n) is 12.1. The molecule has 0 aliphatic rings. The molecule has 0 fully saturated rings. The first kappa shape index (κ1) is 64.6.